The Morgan fingerprint density at radius 1 is 0.929 bits per heavy atom. The number of carboxylic acid groups (broad SMARTS) is 1. The molecule has 150 valence electrons. The molecule has 0 amide bonds. The van der Waals surface area contributed by atoms with Gasteiger partial charge in [0.15, 0.2) is 11.5 Å². The Kier molecular flexibility index (Phi) is 6.26. The minimum absolute atomic E-state index is 0.450. The maximum absolute atomic E-state index is 12.1. The van der Waals surface area contributed by atoms with Crippen molar-refractivity contribution in [1.29, 1.82) is 0 Å². The molecule has 28 heavy (non-hydrogen) atoms. The number of carbonyl (C=O) groups is 1. The summed E-state index contributed by atoms with van der Waals surface area (Å²) in [6.45, 7) is 2.81. The van der Waals surface area contributed by atoms with Crippen LogP contribution in [0.4, 0.5) is 5.69 Å². The highest BCUT2D eigenvalue weighted by Gasteiger charge is 2.32. The third-order valence-corrected chi connectivity index (χ3v) is 5.04. The summed E-state index contributed by atoms with van der Waals surface area (Å²) in [6.07, 6.45) is 0. The molecule has 0 bridgehead atoms. The molecule has 1 aliphatic heterocycles. The molecule has 1 heterocycles. The minimum atomic E-state index is -0.901. The number of benzene rings is 2. The standard InChI is InChI=1S/C21H26N2O5/c1-26-17-13-15(14-18(27-2)20(17)28-3)19(21(24)25)23-11-9-22(10-12-23)16-7-5-4-6-8-16/h4-8,13-14,19H,9-12H2,1-3H3,(H,24,25). The molecule has 1 saturated heterocycles. The highest BCUT2D eigenvalue weighted by Crippen LogP contribution is 2.41. The summed E-state index contributed by atoms with van der Waals surface area (Å²) in [6, 6.07) is 12.8. The Morgan fingerprint density at radius 2 is 1.50 bits per heavy atom. The van der Waals surface area contributed by atoms with Crippen LogP contribution in [-0.2, 0) is 4.79 Å². The van der Waals surface area contributed by atoms with Crippen LogP contribution in [0, 0.1) is 0 Å². The summed E-state index contributed by atoms with van der Waals surface area (Å²) < 4.78 is 16.1. The number of nitrogens with zero attached hydrogens (tertiary/aromatic N) is 2. The van der Waals surface area contributed by atoms with Crippen molar-refractivity contribution in [2.75, 3.05) is 52.4 Å². The molecule has 1 unspecified atom stereocenters. The fraction of sp³-hybridized carbons (Fsp3) is 0.381. The maximum Gasteiger partial charge on any atom is 0.325 e. The number of para-hydroxylation sites is 1. The molecule has 0 aromatic heterocycles. The van der Waals surface area contributed by atoms with E-state index in [0.29, 0.717) is 35.9 Å². The van der Waals surface area contributed by atoms with Crippen molar-refractivity contribution < 1.29 is 24.1 Å². The largest absolute Gasteiger partial charge is 0.493 e. The summed E-state index contributed by atoms with van der Waals surface area (Å²) in [7, 11) is 4.57. The molecule has 1 atom stereocenters. The number of rotatable bonds is 7. The fourth-order valence-electron chi connectivity index (χ4n) is 3.65. The van der Waals surface area contributed by atoms with Crippen molar-refractivity contribution in [2.45, 2.75) is 6.04 Å². The quantitative estimate of drug-likeness (QED) is 0.784. The molecule has 1 aliphatic rings. The van der Waals surface area contributed by atoms with Crippen LogP contribution >= 0.6 is 0 Å². The van der Waals surface area contributed by atoms with Gasteiger partial charge in [-0.2, -0.15) is 0 Å². The molecule has 0 radical (unpaired) electrons. The van der Waals surface area contributed by atoms with E-state index in [1.54, 1.807) is 12.1 Å². The number of hydrogen-bond acceptors (Lipinski definition) is 6. The van der Waals surface area contributed by atoms with E-state index < -0.39 is 12.0 Å². The number of hydrogen-bond donors (Lipinski definition) is 1. The van der Waals surface area contributed by atoms with Crippen LogP contribution in [0.15, 0.2) is 42.5 Å². The molecule has 0 aliphatic carbocycles. The zero-order chi connectivity index (χ0) is 20.1. The second kappa shape index (κ2) is 8.84. The van der Waals surface area contributed by atoms with Crippen LogP contribution in [0.25, 0.3) is 0 Å². The summed E-state index contributed by atoms with van der Waals surface area (Å²) in [4.78, 5) is 16.4. The van der Waals surface area contributed by atoms with Gasteiger partial charge in [0.1, 0.15) is 6.04 Å². The van der Waals surface area contributed by atoms with E-state index in [1.807, 2.05) is 23.1 Å². The molecular formula is C21H26N2O5. The molecule has 1 N–H and O–H groups in total. The third-order valence-electron chi connectivity index (χ3n) is 5.04. The van der Waals surface area contributed by atoms with Gasteiger partial charge in [-0.1, -0.05) is 18.2 Å². The van der Waals surface area contributed by atoms with Gasteiger partial charge >= 0.3 is 5.97 Å². The molecule has 2 aromatic carbocycles. The Bertz CT molecular complexity index is 779. The smallest absolute Gasteiger partial charge is 0.325 e. The SMILES string of the molecule is COc1cc(C(C(=O)O)N2CCN(c3ccccc3)CC2)cc(OC)c1OC. The van der Waals surface area contributed by atoms with Crippen molar-refractivity contribution in [2.24, 2.45) is 0 Å². The van der Waals surface area contributed by atoms with Crippen molar-refractivity contribution in [1.82, 2.24) is 4.90 Å². The van der Waals surface area contributed by atoms with Crippen molar-refractivity contribution in [3.8, 4) is 17.2 Å². The van der Waals surface area contributed by atoms with Crippen LogP contribution in [0.2, 0.25) is 0 Å². The lowest BCUT2D eigenvalue weighted by Crippen LogP contribution is -2.49. The minimum Gasteiger partial charge on any atom is -0.493 e. The Morgan fingerprint density at radius 3 is 1.96 bits per heavy atom. The normalized spacial score (nSPS) is 15.8. The molecular weight excluding hydrogens is 360 g/mol. The molecule has 7 heteroatoms. The molecule has 1 fully saturated rings. The van der Waals surface area contributed by atoms with E-state index in [4.69, 9.17) is 14.2 Å². The second-order valence-electron chi connectivity index (χ2n) is 6.56. The second-order valence-corrected chi connectivity index (χ2v) is 6.56. The highest BCUT2D eigenvalue weighted by molar-refractivity contribution is 5.76. The number of ether oxygens (including phenoxy) is 3. The monoisotopic (exact) mass is 386 g/mol. The Labute approximate surface area is 165 Å². The van der Waals surface area contributed by atoms with E-state index in [-0.39, 0.29) is 0 Å². The maximum atomic E-state index is 12.1. The van der Waals surface area contributed by atoms with Gasteiger partial charge in [-0.3, -0.25) is 9.69 Å². The predicted octanol–water partition coefficient (Wildman–Crippen LogP) is 2.66. The summed E-state index contributed by atoms with van der Waals surface area (Å²) >= 11 is 0. The van der Waals surface area contributed by atoms with Crippen LogP contribution in [0.5, 0.6) is 17.2 Å². The van der Waals surface area contributed by atoms with Crippen LogP contribution < -0.4 is 19.1 Å². The van der Waals surface area contributed by atoms with Gasteiger partial charge in [-0.05, 0) is 29.8 Å². The van der Waals surface area contributed by atoms with E-state index in [1.165, 1.54) is 21.3 Å². The van der Waals surface area contributed by atoms with Gasteiger partial charge < -0.3 is 24.2 Å². The fourth-order valence-corrected chi connectivity index (χ4v) is 3.65. The number of methoxy groups -OCH3 is 3. The van der Waals surface area contributed by atoms with Crippen LogP contribution in [0.1, 0.15) is 11.6 Å². The zero-order valence-corrected chi connectivity index (χ0v) is 16.4. The number of carboxylic acids is 1. The van der Waals surface area contributed by atoms with Crippen LogP contribution in [-0.4, -0.2) is 63.5 Å². The van der Waals surface area contributed by atoms with Gasteiger partial charge in [0, 0.05) is 31.9 Å². The average Bonchev–Trinajstić information content (AvgIpc) is 2.74. The van der Waals surface area contributed by atoms with E-state index >= 15 is 0 Å². The topological polar surface area (TPSA) is 71.5 Å². The lowest BCUT2D eigenvalue weighted by Gasteiger charge is -2.39. The van der Waals surface area contributed by atoms with Gasteiger partial charge in [-0.25, -0.2) is 0 Å². The molecule has 0 spiro atoms. The first-order valence-electron chi connectivity index (χ1n) is 9.15. The lowest BCUT2D eigenvalue weighted by atomic mass is 10.0. The predicted molar refractivity (Wildman–Crippen MR) is 107 cm³/mol. The molecule has 0 saturated carbocycles. The van der Waals surface area contributed by atoms with Gasteiger partial charge in [0.05, 0.1) is 21.3 Å². The van der Waals surface area contributed by atoms with E-state index in [9.17, 15) is 9.90 Å². The first kappa shape index (κ1) is 19.8. The molecule has 3 rings (SSSR count). The van der Waals surface area contributed by atoms with Gasteiger partial charge in [-0.15, -0.1) is 0 Å². The highest BCUT2D eigenvalue weighted by atomic mass is 16.5. The molecule has 7 nitrogen and oxygen atoms in total. The average molecular weight is 386 g/mol. The summed E-state index contributed by atoms with van der Waals surface area (Å²) in [5.41, 5.74) is 1.76. The first-order chi connectivity index (χ1) is 13.6. The zero-order valence-electron chi connectivity index (χ0n) is 16.4. The number of piperazine rings is 1. The van der Waals surface area contributed by atoms with E-state index in [2.05, 4.69) is 17.0 Å². The van der Waals surface area contributed by atoms with Crippen molar-refractivity contribution >= 4 is 11.7 Å². The van der Waals surface area contributed by atoms with E-state index in [0.717, 1.165) is 18.8 Å². The Balaban J connectivity index is 1.84. The number of anilines is 1. The van der Waals surface area contributed by atoms with Gasteiger partial charge in [0.2, 0.25) is 5.75 Å². The Hall–Kier alpha value is -2.93. The molecule has 2 aromatic rings. The third kappa shape index (κ3) is 3.99. The first-order valence-corrected chi connectivity index (χ1v) is 9.15. The lowest BCUT2D eigenvalue weighted by molar-refractivity contribution is -0.143. The summed E-state index contributed by atoms with van der Waals surface area (Å²) in [5.74, 6) is 0.450. The van der Waals surface area contributed by atoms with Crippen molar-refractivity contribution in [3.05, 3.63) is 48.0 Å². The number of aliphatic carboxylic acids is 1. The summed E-state index contributed by atoms with van der Waals surface area (Å²) in [5, 5.41) is 9.95. The van der Waals surface area contributed by atoms with Crippen molar-refractivity contribution in [3.63, 3.8) is 0 Å². The van der Waals surface area contributed by atoms with Gasteiger partial charge in [0.25, 0.3) is 0 Å². The van der Waals surface area contributed by atoms with Crippen LogP contribution in [0.3, 0.4) is 0 Å².